The summed E-state index contributed by atoms with van der Waals surface area (Å²) < 4.78 is 24.4. The molecule has 0 bridgehead atoms. The first-order valence-corrected chi connectivity index (χ1v) is 10.5. The lowest BCUT2D eigenvalue weighted by molar-refractivity contribution is 0.0817. The Hall–Kier alpha value is -2.67. The summed E-state index contributed by atoms with van der Waals surface area (Å²) in [7, 11) is 1.55. The van der Waals surface area contributed by atoms with Crippen LogP contribution in [0, 0.1) is 5.82 Å². The van der Waals surface area contributed by atoms with Crippen LogP contribution in [0.2, 0.25) is 0 Å². The third-order valence-electron chi connectivity index (χ3n) is 4.96. The zero-order valence-electron chi connectivity index (χ0n) is 15.9. The number of benzene rings is 2. The Kier molecular flexibility index (Phi) is 5.67. The number of hydrogen-bond donors (Lipinski definition) is 0. The molecule has 0 saturated carbocycles. The van der Waals surface area contributed by atoms with E-state index in [2.05, 4.69) is 20.9 Å². The van der Waals surface area contributed by atoms with Gasteiger partial charge in [-0.3, -0.25) is 9.79 Å². The number of methoxy groups -OCH3 is 1. The molecule has 2 aromatic rings. The van der Waals surface area contributed by atoms with Crippen LogP contribution in [0.15, 0.2) is 47.6 Å². The Morgan fingerprint density at radius 2 is 2.03 bits per heavy atom. The van der Waals surface area contributed by atoms with E-state index in [0.717, 1.165) is 22.9 Å². The number of nitrogens with zero attached hydrogens (tertiary/aromatic N) is 2. The lowest BCUT2D eigenvalue weighted by Gasteiger charge is -2.19. The van der Waals surface area contributed by atoms with Gasteiger partial charge in [0.1, 0.15) is 5.82 Å². The zero-order chi connectivity index (χ0) is 20.4. The summed E-state index contributed by atoms with van der Waals surface area (Å²) in [6.07, 6.45) is 5.09. The number of rotatable bonds is 6. The van der Waals surface area contributed by atoms with Gasteiger partial charge in [0.25, 0.3) is 5.91 Å². The van der Waals surface area contributed by atoms with Gasteiger partial charge in [-0.1, -0.05) is 28.1 Å². The minimum atomic E-state index is -0.283. The second-order valence-corrected chi connectivity index (χ2v) is 7.63. The van der Waals surface area contributed by atoms with Gasteiger partial charge in [0, 0.05) is 30.2 Å². The smallest absolute Gasteiger partial charge is 0.260 e. The van der Waals surface area contributed by atoms with E-state index in [0.29, 0.717) is 35.8 Å². The number of carbonyl (C=O) groups is 1. The van der Waals surface area contributed by atoms with Crippen LogP contribution in [0.25, 0.3) is 5.57 Å². The normalized spacial score (nSPS) is 17.5. The molecule has 2 aromatic carbocycles. The van der Waals surface area contributed by atoms with Crippen molar-refractivity contribution in [2.45, 2.75) is 18.9 Å². The molecule has 5 nitrogen and oxygen atoms in total. The number of halogens is 2. The lowest BCUT2D eigenvalue weighted by atomic mass is 10.0. The molecule has 2 aliphatic heterocycles. The van der Waals surface area contributed by atoms with Crippen molar-refractivity contribution in [2.24, 2.45) is 4.99 Å². The van der Waals surface area contributed by atoms with Gasteiger partial charge in [-0.05, 0) is 35.8 Å². The summed E-state index contributed by atoms with van der Waals surface area (Å²) in [4.78, 5) is 19.5. The van der Waals surface area contributed by atoms with Crippen molar-refractivity contribution < 1.29 is 18.7 Å². The lowest BCUT2D eigenvalue weighted by Crippen LogP contribution is -2.32. The fraction of sp³-hybridized carbons (Fsp3) is 0.273. The third-order valence-corrected chi connectivity index (χ3v) is 5.53. The second-order valence-electron chi connectivity index (χ2n) is 6.83. The first-order chi connectivity index (χ1) is 14.1. The zero-order valence-corrected chi connectivity index (χ0v) is 17.5. The van der Waals surface area contributed by atoms with E-state index in [1.807, 2.05) is 6.20 Å². The average molecular weight is 459 g/mol. The summed E-state index contributed by atoms with van der Waals surface area (Å²) in [6, 6.07) is 9.55. The Morgan fingerprint density at radius 1 is 1.24 bits per heavy atom. The van der Waals surface area contributed by atoms with Crippen molar-refractivity contribution >= 4 is 39.3 Å². The standard InChI is InChI=1S/C22H20BrFN2O3/c1-28-20-10-18-19(11-21(20)29-8-2-7-23)25-12-17-9-15(13-26(17)22(18)27)14-3-5-16(24)6-4-14/h3-6,10-13,17H,2,7-9H2,1H3. The van der Waals surface area contributed by atoms with Crippen molar-refractivity contribution in [2.75, 3.05) is 19.0 Å². The summed E-state index contributed by atoms with van der Waals surface area (Å²) >= 11 is 3.38. The van der Waals surface area contributed by atoms with E-state index in [9.17, 15) is 9.18 Å². The van der Waals surface area contributed by atoms with E-state index < -0.39 is 0 Å². The molecular weight excluding hydrogens is 439 g/mol. The summed E-state index contributed by atoms with van der Waals surface area (Å²) in [5.74, 6) is 0.642. The Morgan fingerprint density at radius 3 is 2.76 bits per heavy atom. The van der Waals surface area contributed by atoms with Crippen LogP contribution in [0.5, 0.6) is 11.5 Å². The number of fused-ring (bicyclic) bond motifs is 2. The molecule has 1 atom stereocenters. The van der Waals surface area contributed by atoms with Crippen molar-refractivity contribution in [3.8, 4) is 11.5 Å². The molecule has 4 rings (SSSR count). The largest absolute Gasteiger partial charge is 0.493 e. The first-order valence-electron chi connectivity index (χ1n) is 9.35. The molecule has 2 heterocycles. The van der Waals surface area contributed by atoms with Gasteiger partial charge >= 0.3 is 0 Å². The summed E-state index contributed by atoms with van der Waals surface area (Å²) in [6.45, 7) is 0.538. The second kappa shape index (κ2) is 8.37. The van der Waals surface area contributed by atoms with E-state index >= 15 is 0 Å². The Balaban J connectivity index is 1.65. The third kappa shape index (κ3) is 3.92. The molecule has 1 unspecified atom stereocenters. The maximum absolute atomic E-state index is 13.2. The van der Waals surface area contributed by atoms with Gasteiger partial charge in [-0.15, -0.1) is 0 Å². The fourth-order valence-corrected chi connectivity index (χ4v) is 3.70. The van der Waals surface area contributed by atoms with Crippen molar-refractivity contribution in [3.63, 3.8) is 0 Å². The highest BCUT2D eigenvalue weighted by Gasteiger charge is 2.33. The van der Waals surface area contributed by atoms with E-state index in [1.54, 1.807) is 42.5 Å². The first kappa shape index (κ1) is 19.6. The molecule has 0 aliphatic carbocycles. The molecule has 0 spiro atoms. The van der Waals surface area contributed by atoms with Crippen LogP contribution in [-0.4, -0.2) is 42.1 Å². The predicted molar refractivity (Wildman–Crippen MR) is 114 cm³/mol. The van der Waals surface area contributed by atoms with Gasteiger partial charge < -0.3 is 14.4 Å². The highest BCUT2D eigenvalue weighted by atomic mass is 79.9. The quantitative estimate of drug-likeness (QED) is 0.453. The number of hydrogen-bond acceptors (Lipinski definition) is 4. The fourth-order valence-electron chi connectivity index (χ4n) is 3.47. The van der Waals surface area contributed by atoms with Crippen LogP contribution in [-0.2, 0) is 0 Å². The maximum atomic E-state index is 13.2. The van der Waals surface area contributed by atoms with Gasteiger partial charge in [0.05, 0.1) is 31.0 Å². The molecule has 0 aromatic heterocycles. The van der Waals surface area contributed by atoms with Crippen molar-refractivity contribution in [1.29, 1.82) is 0 Å². The number of aliphatic imine (C=N–C) groups is 1. The topological polar surface area (TPSA) is 51.1 Å². The Bertz CT molecular complexity index is 988. The molecule has 0 radical (unpaired) electrons. The van der Waals surface area contributed by atoms with E-state index in [4.69, 9.17) is 9.47 Å². The molecule has 7 heteroatoms. The van der Waals surface area contributed by atoms with Gasteiger partial charge in [-0.25, -0.2) is 4.39 Å². The van der Waals surface area contributed by atoms with E-state index in [-0.39, 0.29) is 17.8 Å². The molecule has 2 aliphatic rings. The highest BCUT2D eigenvalue weighted by Crippen LogP contribution is 2.39. The van der Waals surface area contributed by atoms with Crippen LogP contribution >= 0.6 is 15.9 Å². The van der Waals surface area contributed by atoms with Crippen LogP contribution in [0.4, 0.5) is 10.1 Å². The molecule has 0 saturated heterocycles. The monoisotopic (exact) mass is 458 g/mol. The van der Waals surface area contributed by atoms with Crippen molar-refractivity contribution in [3.05, 3.63) is 59.5 Å². The predicted octanol–water partition coefficient (Wildman–Crippen LogP) is 4.97. The van der Waals surface area contributed by atoms with E-state index in [1.165, 1.54) is 12.1 Å². The highest BCUT2D eigenvalue weighted by molar-refractivity contribution is 9.09. The average Bonchev–Trinajstić information content (AvgIpc) is 3.11. The molecule has 0 fully saturated rings. The number of alkyl halides is 1. The van der Waals surface area contributed by atoms with Gasteiger partial charge in [0.15, 0.2) is 11.5 Å². The molecule has 29 heavy (non-hydrogen) atoms. The summed E-state index contributed by atoms with van der Waals surface area (Å²) in [5, 5.41) is 0.844. The summed E-state index contributed by atoms with van der Waals surface area (Å²) in [5.41, 5.74) is 2.90. The molecule has 1 amide bonds. The van der Waals surface area contributed by atoms with Gasteiger partial charge in [0.2, 0.25) is 0 Å². The van der Waals surface area contributed by atoms with Crippen LogP contribution < -0.4 is 9.47 Å². The number of ether oxygens (including phenoxy) is 2. The molecule has 0 N–H and O–H groups in total. The van der Waals surface area contributed by atoms with Crippen LogP contribution in [0.3, 0.4) is 0 Å². The number of amides is 1. The molecule has 150 valence electrons. The Labute approximate surface area is 177 Å². The van der Waals surface area contributed by atoms with Gasteiger partial charge in [-0.2, -0.15) is 0 Å². The molecular formula is C22H20BrFN2O3. The minimum absolute atomic E-state index is 0.148. The SMILES string of the molecule is COc1cc2c(cc1OCCCBr)N=CC1CC(c3ccc(F)cc3)=CN1C2=O. The number of carbonyl (C=O) groups excluding carboxylic acids is 1. The minimum Gasteiger partial charge on any atom is -0.493 e. The van der Waals surface area contributed by atoms with Crippen LogP contribution in [0.1, 0.15) is 28.8 Å². The maximum Gasteiger partial charge on any atom is 0.260 e. The van der Waals surface area contributed by atoms with Crippen molar-refractivity contribution in [1.82, 2.24) is 4.90 Å².